The molecule has 0 atom stereocenters. The predicted molar refractivity (Wildman–Crippen MR) is 107 cm³/mol. The number of aryl methyl sites for hydroxylation is 2. The van der Waals surface area contributed by atoms with E-state index in [1.165, 1.54) is 24.3 Å². The molecule has 154 valence electrons. The lowest BCUT2D eigenvalue weighted by molar-refractivity contribution is -0.137. The Labute approximate surface area is 170 Å². The number of hydrogen-bond donors (Lipinski definition) is 1. The highest BCUT2D eigenvalue weighted by Crippen LogP contribution is 2.33. The van der Waals surface area contributed by atoms with E-state index in [2.05, 4.69) is 15.4 Å². The molecule has 0 aliphatic heterocycles. The van der Waals surface area contributed by atoms with Crippen LogP contribution >= 0.6 is 0 Å². The van der Waals surface area contributed by atoms with Gasteiger partial charge in [0.15, 0.2) is 5.65 Å². The van der Waals surface area contributed by atoms with Crippen LogP contribution in [0.2, 0.25) is 0 Å². The first-order valence-electron chi connectivity index (χ1n) is 9.25. The van der Waals surface area contributed by atoms with E-state index in [4.69, 9.17) is 0 Å². The standard InChI is InChI=1S/C22H18F4N4/c1-13-11-19(27-12-15-3-9-18(23)10-4-15)30-21(28-13)20(14(2)29-30)16-5-7-17(8-6-16)22(24,25)26/h3-11,27H,12H2,1-2H3. The van der Waals surface area contributed by atoms with Crippen LogP contribution in [0.5, 0.6) is 0 Å². The van der Waals surface area contributed by atoms with Gasteiger partial charge in [-0.15, -0.1) is 0 Å². The van der Waals surface area contributed by atoms with Gasteiger partial charge in [-0.05, 0) is 49.2 Å². The second kappa shape index (κ2) is 7.44. The fraction of sp³-hybridized carbons (Fsp3) is 0.182. The smallest absolute Gasteiger partial charge is 0.366 e. The third kappa shape index (κ3) is 3.85. The Hall–Kier alpha value is -3.42. The van der Waals surface area contributed by atoms with Gasteiger partial charge in [0, 0.05) is 23.9 Å². The molecule has 0 spiro atoms. The Kier molecular flexibility index (Phi) is 4.93. The molecule has 30 heavy (non-hydrogen) atoms. The van der Waals surface area contributed by atoms with Gasteiger partial charge in [-0.2, -0.15) is 22.8 Å². The lowest BCUT2D eigenvalue weighted by atomic mass is 10.0. The van der Waals surface area contributed by atoms with Crippen molar-refractivity contribution in [3.05, 3.63) is 82.9 Å². The van der Waals surface area contributed by atoms with E-state index in [1.54, 1.807) is 23.6 Å². The van der Waals surface area contributed by atoms with Crippen molar-refractivity contribution in [3.8, 4) is 11.1 Å². The molecular formula is C22H18F4N4. The van der Waals surface area contributed by atoms with Crippen LogP contribution in [0, 0.1) is 19.7 Å². The van der Waals surface area contributed by atoms with Crippen LogP contribution in [0.1, 0.15) is 22.5 Å². The minimum absolute atomic E-state index is 0.301. The lowest BCUT2D eigenvalue weighted by Crippen LogP contribution is -2.07. The molecule has 0 saturated heterocycles. The van der Waals surface area contributed by atoms with E-state index in [0.717, 1.165) is 23.4 Å². The Morgan fingerprint density at radius 3 is 2.27 bits per heavy atom. The lowest BCUT2D eigenvalue weighted by Gasteiger charge is -2.10. The zero-order chi connectivity index (χ0) is 21.5. The van der Waals surface area contributed by atoms with Gasteiger partial charge in [0.25, 0.3) is 0 Å². The molecule has 0 bridgehead atoms. The molecule has 2 aromatic heterocycles. The topological polar surface area (TPSA) is 42.2 Å². The van der Waals surface area contributed by atoms with E-state index < -0.39 is 11.7 Å². The molecule has 0 unspecified atom stereocenters. The summed E-state index contributed by atoms with van der Waals surface area (Å²) in [5.74, 6) is 0.382. The van der Waals surface area contributed by atoms with E-state index in [9.17, 15) is 17.6 Å². The normalized spacial score (nSPS) is 11.8. The molecular weight excluding hydrogens is 396 g/mol. The van der Waals surface area contributed by atoms with Crippen molar-refractivity contribution < 1.29 is 17.6 Å². The van der Waals surface area contributed by atoms with Crippen molar-refractivity contribution in [3.63, 3.8) is 0 Å². The summed E-state index contributed by atoms with van der Waals surface area (Å²) in [4.78, 5) is 4.56. The quantitative estimate of drug-likeness (QED) is 0.430. The Morgan fingerprint density at radius 1 is 0.967 bits per heavy atom. The Bertz CT molecular complexity index is 1190. The molecule has 8 heteroatoms. The number of hydrogen-bond acceptors (Lipinski definition) is 3. The van der Waals surface area contributed by atoms with Crippen molar-refractivity contribution in [2.75, 3.05) is 5.32 Å². The maximum absolute atomic E-state index is 13.1. The number of anilines is 1. The largest absolute Gasteiger partial charge is 0.416 e. The van der Waals surface area contributed by atoms with Crippen molar-refractivity contribution >= 4 is 11.5 Å². The molecule has 4 aromatic rings. The minimum Gasteiger partial charge on any atom is -0.366 e. The summed E-state index contributed by atoms with van der Waals surface area (Å²) < 4.78 is 53.4. The van der Waals surface area contributed by atoms with Crippen LogP contribution in [0.4, 0.5) is 23.4 Å². The molecule has 2 heterocycles. The predicted octanol–water partition coefficient (Wildman–Crippen LogP) is 5.78. The highest BCUT2D eigenvalue weighted by molar-refractivity contribution is 5.81. The van der Waals surface area contributed by atoms with Gasteiger partial charge in [-0.1, -0.05) is 24.3 Å². The highest BCUT2D eigenvalue weighted by atomic mass is 19.4. The van der Waals surface area contributed by atoms with E-state index >= 15 is 0 Å². The minimum atomic E-state index is -4.39. The average Bonchev–Trinajstić information content (AvgIpc) is 3.02. The molecule has 0 fully saturated rings. The van der Waals surface area contributed by atoms with E-state index in [-0.39, 0.29) is 5.82 Å². The first-order chi connectivity index (χ1) is 14.2. The summed E-state index contributed by atoms with van der Waals surface area (Å²) in [5.41, 5.74) is 3.41. The van der Waals surface area contributed by atoms with Gasteiger partial charge >= 0.3 is 6.18 Å². The zero-order valence-corrected chi connectivity index (χ0v) is 16.3. The molecule has 0 radical (unpaired) electrons. The van der Waals surface area contributed by atoms with Crippen molar-refractivity contribution in [1.82, 2.24) is 14.6 Å². The van der Waals surface area contributed by atoms with E-state index in [1.807, 2.05) is 13.0 Å². The van der Waals surface area contributed by atoms with E-state index in [0.29, 0.717) is 34.8 Å². The summed E-state index contributed by atoms with van der Waals surface area (Å²) in [6, 6.07) is 13.0. The Balaban J connectivity index is 1.72. The average molecular weight is 414 g/mol. The van der Waals surface area contributed by atoms with Crippen LogP contribution in [0.3, 0.4) is 0 Å². The van der Waals surface area contributed by atoms with Crippen molar-refractivity contribution in [1.29, 1.82) is 0 Å². The molecule has 4 nitrogen and oxygen atoms in total. The van der Waals surface area contributed by atoms with Crippen LogP contribution in [0.25, 0.3) is 16.8 Å². The van der Waals surface area contributed by atoms with Gasteiger partial charge in [-0.25, -0.2) is 9.37 Å². The molecule has 0 aliphatic rings. The van der Waals surface area contributed by atoms with Crippen LogP contribution < -0.4 is 5.32 Å². The fourth-order valence-electron chi connectivity index (χ4n) is 3.33. The number of halogens is 4. The summed E-state index contributed by atoms with van der Waals surface area (Å²) in [6.07, 6.45) is -4.39. The number of aromatic nitrogens is 3. The van der Waals surface area contributed by atoms with Crippen LogP contribution in [-0.4, -0.2) is 14.6 Å². The van der Waals surface area contributed by atoms with Crippen LogP contribution in [0.15, 0.2) is 54.6 Å². The maximum atomic E-state index is 13.1. The van der Waals surface area contributed by atoms with Crippen molar-refractivity contribution in [2.45, 2.75) is 26.6 Å². The van der Waals surface area contributed by atoms with Gasteiger partial charge in [0.05, 0.1) is 11.3 Å². The van der Waals surface area contributed by atoms with Gasteiger partial charge in [-0.3, -0.25) is 0 Å². The van der Waals surface area contributed by atoms with Crippen LogP contribution in [-0.2, 0) is 12.7 Å². The molecule has 0 aliphatic carbocycles. The fourth-order valence-corrected chi connectivity index (χ4v) is 3.33. The van der Waals surface area contributed by atoms with Gasteiger partial charge in [0.1, 0.15) is 11.6 Å². The Morgan fingerprint density at radius 2 is 1.63 bits per heavy atom. The number of nitrogens with zero attached hydrogens (tertiary/aromatic N) is 3. The summed E-state index contributed by atoms with van der Waals surface area (Å²) in [7, 11) is 0. The molecule has 1 N–H and O–H groups in total. The van der Waals surface area contributed by atoms with Gasteiger partial charge < -0.3 is 5.32 Å². The zero-order valence-electron chi connectivity index (χ0n) is 16.3. The first-order valence-corrected chi connectivity index (χ1v) is 9.25. The second-order valence-electron chi connectivity index (χ2n) is 7.03. The highest BCUT2D eigenvalue weighted by Gasteiger charge is 2.30. The number of alkyl halides is 3. The summed E-state index contributed by atoms with van der Waals surface area (Å²) in [6.45, 7) is 4.08. The number of fused-ring (bicyclic) bond motifs is 1. The van der Waals surface area contributed by atoms with Crippen molar-refractivity contribution in [2.24, 2.45) is 0 Å². The number of benzene rings is 2. The molecule has 4 rings (SSSR count). The second-order valence-corrected chi connectivity index (χ2v) is 7.03. The van der Waals surface area contributed by atoms with Gasteiger partial charge in [0.2, 0.25) is 0 Å². The maximum Gasteiger partial charge on any atom is 0.416 e. The molecule has 0 amide bonds. The first kappa shape index (κ1) is 19.9. The SMILES string of the molecule is Cc1cc(NCc2ccc(F)cc2)n2nc(C)c(-c3ccc(C(F)(F)F)cc3)c2n1. The number of rotatable bonds is 4. The third-order valence-corrected chi connectivity index (χ3v) is 4.78. The molecule has 0 saturated carbocycles. The summed E-state index contributed by atoms with van der Waals surface area (Å²) >= 11 is 0. The molecule has 2 aromatic carbocycles. The monoisotopic (exact) mass is 414 g/mol. The summed E-state index contributed by atoms with van der Waals surface area (Å²) in [5, 5.41) is 7.81. The third-order valence-electron chi connectivity index (χ3n) is 4.78. The number of nitrogens with one attached hydrogen (secondary N) is 1.